The van der Waals surface area contributed by atoms with Crippen LogP contribution in [0.25, 0.3) is 0 Å². The number of carbonyl (C=O) groups excluding carboxylic acids is 1. The lowest BCUT2D eigenvalue weighted by atomic mass is 9.81. The molecule has 5 nitrogen and oxygen atoms in total. The predicted molar refractivity (Wildman–Crippen MR) is 99.7 cm³/mol. The molecule has 1 N–H and O–H groups in total. The molecule has 3 rings (SSSR count). The smallest absolute Gasteiger partial charge is 0.257 e. The molecule has 2 aromatic heterocycles. The second kappa shape index (κ2) is 7.61. The van der Waals surface area contributed by atoms with Gasteiger partial charge in [-0.05, 0) is 44.1 Å². The maximum absolute atomic E-state index is 12.2. The van der Waals surface area contributed by atoms with E-state index in [-0.39, 0.29) is 17.7 Å². The molecule has 0 radical (unpaired) electrons. The first kappa shape index (κ1) is 17.4. The van der Waals surface area contributed by atoms with Crippen LogP contribution in [0.3, 0.4) is 0 Å². The number of aromatic nitrogens is 2. The van der Waals surface area contributed by atoms with Gasteiger partial charge in [0.15, 0.2) is 5.13 Å². The van der Waals surface area contributed by atoms with Crippen LogP contribution in [0.2, 0.25) is 0 Å². The first-order valence-corrected chi connectivity index (χ1v) is 9.16. The van der Waals surface area contributed by atoms with Gasteiger partial charge in [-0.25, -0.2) is 4.98 Å². The summed E-state index contributed by atoms with van der Waals surface area (Å²) in [5.41, 5.74) is 2.76. The van der Waals surface area contributed by atoms with Crippen LogP contribution in [0.15, 0.2) is 53.4 Å². The number of rotatable bonds is 5. The number of hydrogen-bond donors (Lipinski definition) is 1. The molecular formula is C19H21N3O2S. The highest BCUT2D eigenvalue weighted by atomic mass is 32.1. The van der Waals surface area contributed by atoms with Crippen molar-refractivity contribution in [1.82, 2.24) is 9.97 Å². The number of ether oxygens (including phenoxy) is 1. The number of anilines is 1. The third-order valence-electron chi connectivity index (χ3n) is 4.13. The summed E-state index contributed by atoms with van der Waals surface area (Å²) in [4.78, 5) is 20.8. The molecule has 1 aliphatic carbocycles. The van der Waals surface area contributed by atoms with Crippen LogP contribution < -0.4 is 5.32 Å². The minimum absolute atomic E-state index is 0.175. The number of pyridine rings is 1. The zero-order chi connectivity index (χ0) is 17.8. The average Bonchev–Trinajstić information content (AvgIpc) is 3.03. The van der Waals surface area contributed by atoms with Crippen LogP contribution in [0.4, 0.5) is 5.13 Å². The summed E-state index contributed by atoms with van der Waals surface area (Å²) < 4.78 is 5.62. The Bertz CT molecular complexity index is 811. The van der Waals surface area contributed by atoms with Crippen molar-refractivity contribution in [1.29, 1.82) is 0 Å². The normalized spacial score (nSPS) is 19.8. The summed E-state index contributed by atoms with van der Waals surface area (Å²) in [6.45, 7) is 6.91. The van der Waals surface area contributed by atoms with Crippen LogP contribution in [0.5, 0.6) is 0 Å². The molecule has 2 heterocycles. The Morgan fingerprint density at radius 2 is 2.12 bits per heavy atom. The van der Waals surface area contributed by atoms with Crippen molar-refractivity contribution < 1.29 is 9.53 Å². The van der Waals surface area contributed by atoms with Crippen molar-refractivity contribution in [3.05, 3.63) is 64.6 Å². The van der Waals surface area contributed by atoms with Crippen LogP contribution in [0.1, 0.15) is 42.7 Å². The van der Waals surface area contributed by atoms with Crippen molar-refractivity contribution in [2.24, 2.45) is 5.92 Å². The van der Waals surface area contributed by atoms with Gasteiger partial charge in [0, 0.05) is 29.3 Å². The van der Waals surface area contributed by atoms with Gasteiger partial charge >= 0.3 is 0 Å². The second-order valence-electron chi connectivity index (χ2n) is 5.99. The molecule has 2 unspecified atom stereocenters. The first-order chi connectivity index (χ1) is 12.1. The molecule has 0 aliphatic heterocycles. The van der Waals surface area contributed by atoms with E-state index in [0.717, 1.165) is 11.5 Å². The van der Waals surface area contributed by atoms with Crippen molar-refractivity contribution >= 4 is 22.4 Å². The lowest BCUT2D eigenvalue weighted by molar-refractivity contribution is 0.102. The standard InChI is InChI=1S/C19H21N3O2S/c1-4-24-15-9-12(2)17(13(3)10-15)16-11-25-19(21-16)22-18(23)14-5-7-20-8-6-14/h5-12,17H,4H2,1-3H3,(H,21,22,23). The summed E-state index contributed by atoms with van der Waals surface area (Å²) >= 11 is 1.44. The molecule has 0 aromatic carbocycles. The largest absolute Gasteiger partial charge is 0.494 e. The van der Waals surface area contributed by atoms with Gasteiger partial charge in [0.2, 0.25) is 0 Å². The highest BCUT2D eigenvalue weighted by Crippen LogP contribution is 2.38. The van der Waals surface area contributed by atoms with E-state index < -0.39 is 0 Å². The molecular weight excluding hydrogens is 334 g/mol. The van der Waals surface area contributed by atoms with Crippen LogP contribution in [-0.2, 0) is 4.74 Å². The third kappa shape index (κ3) is 3.96. The van der Waals surface area contributed by atoms with E-state index in [1.54, 1.807) is 24.5 Å². The lowest BCUT2D eigenvalue weighted by Gasteiger charge is -2.26. The number of hydrogen-bond acceptors (Lipinski definition) is 5. The molecule has 1 aliphatic rings. The Hall–Kier alpha value is -2.47. The first-order valence-electron chi connectivity index (χ1n) is 8.28. The van der Waals surface area contributed by atoms with E-state index >= 15 is 0 Å². The maximum Gasteiger partial charge on any atom is 0.257 e. The minimum Gasteiger partial charge on any atom is -0.494 e. The maximum atomic E-state index is 12.2. The Labute approximate surface area is 151 Å². The fourth-order valence-corrected chi connectivity index (χ4v) is 3.79. The number of allylic oxidation sites excluding steroid dienone is 3. The number of thiazole rings is 1. The Kier molecular flexibility index (Phi) is 5.28. The number of nitrogens with one attached hydrogen (secondary N) is 1. The van der Waals surface area contributed by atoms with Gasteiger partial charge in [-0.2, -0.15) is 0 Å². The molecule has 2 atom stereocenters. The summed E-state index contributed by atoms with van der Waals surface area (Å²) in [6.07, 6.45) is 7.41. The molecule has 0 spiro atoms. The molecule has 130 valence electrons. The zero-order valence-corrected chi connectivity index (χ0v) is 15.3. The minimum atomic E-state index is -0.175. The zero-order valence-electron chi connectivity index (χ0n) is 14.5. The molecule has 0 saturated heterocycles. The fraction of sp³-hybridized carbons (Fsp3) is 0.316. The monoisotopic (exact) mass is 355 g/mol. The van der Waals surface area contributed by atoms with E-state index in [0.29, 0.717) is 17.3 Å². The SMILES string of the molecule is CCOC1=CC(C)C(c2csc(NC(=O)c3ccncc3)n2)C(C)=C1. The van der Waals surface area contributed by atoms with E-state index in [9.17, 15) is 4.79 Å². The van der Waals surface area contributed by atoms with Crippen LogP contribution >= 0.6 is 11.3 Å². The number of nitrogens with zero attached hydrogens (tertiary/aromatic N) is 2. The van der Waals surface area contributed by atoms with Crippen molar-refractivity contribution in [2.45, 2.75) is 26.7 Å². The summed E-state index contributed by atoms with van der Waals surface area (Å²) in [7, 11) is 0. The Balaban J connectivity index is 1.74. The van der Waals surface area contributed by atoms with Crippen molar-refractivity contribution in [2.75, 3.05) is 11.9 Å². The van der Waals surface area contributed by atoms with Gasteiger partial charge in [0.25, 0.3) is 5.91 Å². The average molecular weight is 355 g/mol. The Morgan fingerprint density at radius 1 is 1.36 bits per heavy atom. The Morgan fingerprint density at radius 3 is 2.80 bits per heavy atom. The highest BCUT2D eigenvalue weighted by molar-refractivity contribution is 7.14. The van der Waals surface area contributed by atoms with Crippen molar-refractivity contribution in [3.8, 4) is 0 Å². The molecule has 1 amide bonds. The molecule has 25 heavy (non-hydrogen) atoms. The van der Waals surface area contributed by atoms with E-state index in [1.807, 2.05) is 12.3 Å². The van der Waals surface area contributed by atoms with Gasteiger partial charge in [-0.1, -0.05) is 12.5 Å². The van der Waals surface area contributed by atoms with Gasteiger partial charge in [-0.15, -0.1) is 11.3 Å². The molecule has 6 heteroatoms. The highest BCUT2D eigenvalue weighted by Gasteiger charge is 2.26. The fourth-order valence-electron chi connectivity index (χ4n) is 3.05. The topological polar surface area (TPSA) is 64.1 Å². The predicted octanol–water partition coefficient (Wildman–Crippen LogP) is 4.39. The van der Waals surface area contributed by atoms with Crippen LogP contribution in [0, 0.1) is 5.92 Å². The number of amides is 1. The van der Waals surface area contributed by atoms with E-state index in [1.165, 1.54) is 16.9 Å². The van der Waals surface area contributed by atoms with E-state index in [2.05, 4.69) is 41.3 Å². The van der Waals surface area contributed by atoms with Gasteiger partial charge in [0.1, 0.15) is 5.76 Å². The molecule has 0 saturated carbocycles. The van der Waals surface area contributed by atoms with E-state index in [4.69, 9.17) is 4.74 Å². The molecule has 0 fully saturated rings. The van der Waals surface area contributed by atoms with Gasteiger partial charge in [0.05, 0.1) is 12.3 Å². The second-order valence-corrected chi connectivity index (χ2v) is 6.85. The summed E-state index contributed by atoms with van der Waals surface area (Å²) in [5, 5.41) is 5.48. The molecule has 2 aromatic rings. The summed E-state index contributed by atoms with van der Waals surface area (Å²) in [5.74, 6) is 1.24. The number of carbonyl (C=O) groups is 1. The molecule has 0 bridgehead atoms. The van der Waals surface area contributed by atoms with Crippen LogP contribution in [-0.4, -0.2) is 22.5 Å². The van der Waals surface area contributed by atoms with Crippen molar-refractivity contribution in [3.63, 3.8) is 0 Å². The van der Waals surface area contributed by atoms with Gasteiger partial charge < -0.3 is 4.74 Å². The van der Waals surface area contributed by atoms with Gasteiger partial charge in [-0.3, -0.25) is 15.1 Å². The quantitative estimate of drug-likeness (QED) is 0.864. The lowest BCUT2D eigenvalue weighted by Crippen LogP contribution is -2.16. The summed E-state index contributed by atoms with van der Waals surface area (Å²) in [6, 6.07) is 3.36. The third-order valence-corrected chi connectivity index (χ3v) is 4.90.